The Bertz CT molecular complexity index is 802. The number of ether oxygens (including phenoxy) is 1. The molecule has 0 atom stereocenters. The van der Waals surface area contributed by atoms with E-state index >= 15 is 0 Å². The van der Waals surface area contributed by atoms with Gasteiger partial charge < -0.3 is 20.3 Å². The van der Waals surface area contributed by atoms with E-state index in [1.54, 1.807) is 12.1 Å². The topological polar surface area (TPSA) is 53.6 Å². The lowest BCUT2D eigenvalue weighted by molar-refractivity contribution is 0.0466. The van der Waals surface area contributed by atoms with Gasteiger partial charge in [0.25, 0.3) is 0 Å². The zero-order chi connectivity index (χ0) is 20.5. The summed E-state index contributed by atoms with van der Waals surface area (Å²) in [5.74, 6) is -0.311. The Morgan fingerprint density at radius 3 is 2.18 bits per heavy atom. The first-order valence-electron chi connectivity index (χ1n) is 9.57. The van der Waals surface area contributed by atoms with E-state index in [1.165, 1.54) is 11.1 Å². The number of hydrogen-bond acceptors (Lipinski definition) is 4. The molecular weight excluding hydrogens is 370 g/mol. The van der Waals surface area contributed by atoms with Crippen molar-refractivity contribution >= 4 is 34.7 Å². The van der Waals surface area contributed by atoms with E-state index in [0.717, 1.165) is 31.0 Å². The fraction of sp³-hybridized carbons (Fsp3) is 0.364. The third-order valence-corrected chi connectivity index (χ3v) is 4.88. The Kier molecular flexibility index (Phi) is 8.42. The summed E-state index contributed by atoms with van der Waals surface area (Å²) in [6.07, 6.45) is 0. The Labute approximate surface area is 173 Å². The van der Waals surface area contributed by atoms with Gasteiger partial charge in [0, 0.05) is 17.9 Å². The number of esters is 1. The minimum Gasteiger partial charge on any atom is -0.461 e. The molecule has 2 rings (SSSR count). The lowest BCUT2D eigenvalue weighted by atomic mass is 10.1. The number of nitrogens with one attached hydrogen (secondary N) is 2. The van der Waals surface area contributed by atoms with Crippen LogP contribution in [-0.4, -0.2) is 42.2 Å². The van der Waals surface area contributed by atoms with Gasteiger partial charge in [0.15, 0.2) is 5.11 Å². The van der Waals surface area contributed by atoms with Crippen molar-refractivity contribution in [3.63, 3.8) is 0 Å². The molecule has 28 heavy (non-hydrogen) atoms. The van der Waals surface area contributed by atoms with Crippen LogP contribution in [0.25, 0.3) is 0 Å². The predicted octanol–water partition coefficient (Wildman–Crippen LogP) is 4.61. The predicted molar refractivity (Wildman–Crippen MR) is 120 cm³/mol. The van der Waals surface area contributed by atoms with Crippen LogP contribution >= 0.6 is 12.2 Å². The van der Waals surface area contributed by atoms with Crippen LogP contribution in [0.4, 0.5) is 11.4 Å². The van der Waals surface area contributed by atoms with Gasteiger partial charge in [0.05, 0.1) is 5.56 Å². The van der Waals surface area contributed by atoms with Crippen molar-refractivity contribution in [1.29, 1.82) is 0 Å². The molecule has 6 heteroatoms. The molecule has 0 aliphatic heterocycles. The molecule has 5 nitrogen and oxygen atoms in total. The summed E-state index contributed by atoms with van der Waals surface area (Å²) in [7, 11) is 0. The van der Waals surface area contributed by atoms with Gasteiger partial charge >= 0.3 is 5.97 Å². The van der Waals surface area contributed by atoms with Crippen molar-refractivity contribution in [2.24, 2.45) is 0 Å². The minimum atomic E-state index is -0.311. The minimum absolute atomic E-state index is 0.311. The smallest absolute Gasteiger partial charge is 0.338 e. The summed E-state index contributed by atoms with van der Waals surface area (Å²) >= 11 is 5.36. The van der Waals surface area contributed by atoms with E-state index in [-0.39, 0.29) is 5.97 Å². The van der Waals surface area contributed by atoms with Gasteiger partial charge in [-0.15, -0.1) is 0 Å². The number of carbonyl (C=O) groups is 1. The number of hydrogen-bond donors (Lipinski definition) is 2. The Balaban J connectivity index is 1.85. The third-order valence-electron chi connectivity index (χ3n) is 4.68. The molecule has 0 heterocycles. The Morgan fingerprint density at radius 2 is 1.57 bits per heavy atom. The summed E-state index contributed by atoms with van der Waals surface area (Å²) < 4.78 is 5.34. The van der Waals surface area contributed by atoms with Crippen molar-refractivity contribution < 1.29 is 9.53 Å². The molecule has 0 aliphatic rings. The van der Waals surface area contributed by atoms with Gasteiger partial charge in [-0.25, -0.2) is 4.79 Å². The number of carbonyl (C=O) groups excluding carboxylic acids is 1. The molecule has 0 amide bonds. The lowest BCUT2D eigenvalue weighted by Crippen LogP contribution is -2.27. The number of benzene rings is 2. The van der Waals surface area contributed by atoms with Crippen molar-refractivity contribution in [3.05, 3.63) is 59.2 Å². The van der Waals surface area contributed by atoms with Crippen molar-refractivity contribution in [3.8, 4) is 0 Å². The summed E-state index contributed by atoms with van der Waals surface area (Å²) in [5, 5.41) is 6.79. The molecule has 0 fully saturated rings. The standard InChI is InChI=1S/C22H29N3O2S/c1-5-25(6-2)13-14-27-21(26)18-8-11-19(12-9-18)23-22(28)24-20-10-7-16(3)17(4)15-20/h7-12,15H,5-6,13-14H2,1-4H3,(H2,23,24,28). The zero-order valence-corrected chi connectivity index (χ0v) is 17.9. The van der Waals surface area contributed by atoms with E-state index in [1.807, 2.05) is 18.2 Å². The Morgan fingerprint density at radius 1 is 0.964 bits per heavy atom. The van der Waals surface area contributed by atoms with Gasteiger partial charge in [-0.3, -0.25) is 0 Å². The van der Waals surface area contributed by atoms with Gasteiger partial charge in [0.1, 0.15) is 6.61 Å². The highest BCUT2D eigenvalue weighted by Gasteiger charge is 2.08. The number of rotatable bonds is 8. The third kappa shape index (κ3) is 6.62. The summed E-state index contributed by atoms with van der Waals surface area (Å²) in [5.41, 5.74) is 4.72. The maximum absolute atomic E-state index is 12.1. The molecular formula is C22H29N3O2S. The molecule has 2 aromatic carbocycles. The average molecular weight is 400 g/mol. The van der Waals surface area contributed by atoms with Crippen LogP contribution in [0.2, 0.25) is 0 Å². The highest BCUT2D eigenvalue weighted by Crippen LogP contribution is 2.15. The fourth-order valence-corrected chi connectivity index (χ4v) is 2.93. The second-order valence-corrected chi connectivity index (χ2v) is 7.03. The van der Waals surface area contributed by atoms with Crippen LogP contribution in [0.3, 0.4) is 0 Å². The highest BCUT2D eigenvalue weighted by molar-refractivity contribution is 7.80. The van der Waals surface area contributed by atoms with Crippen molar-refractivity contribution in [1.82, 2.24) is 4.90 Å². The summed E-state index contributed by atoms with van der Waals surface area (Å²) in [4.78, 5) is 14.3. The summed E-state index contributed by atoms with van der Waals surface area (Å²) in [6, 6.07) is 13.2. The maximum Gasteiger partial charge on any atom is 0.338 e. The van der Waals surface area contributed by atoms with Gasteiger partial charge in [-0.2, -0.15) is 0 Å². The van der Waals surface area contributed by atoms with Gasteiger partial charge in [0.2, 0.25) is 0 Å². The number of anilines is 2. The monoisotopic (exact) mass is 399 g/mol. The highest BCUT2D eigenvalue weighted by atomic mass is 32.1. The average Bonchev–Trinajstić information content (AvgIpc) is 2.68. The number of nitrogens with zero attached hydrogens (tertiary/aromatic N) is 1. The first kappa shape index (κ1) is 21.9. The summed E-state index contributed by atoms with van der Waals surface area (Å²) in [6.45, 7) is 11.4. The van der Waals surface area contributed by atoms with Crippen molar-refractivity contribution in [2.45, 2.75) is 27.7 Å². The van der Waals surface area contributed by atoms with Crippen LogP contribution in [0.5, 0.6) is 0 Å². The SMILES string of the molecule is CCN(CC)CCOC(=O)c1ccc(NC(=S)Nc2ccc(C)c(C)c2)cc1. The molecule has 0 spiro atoms. The van der Waals surface area contributed by atoms with E-state index in [0.29, 0.717) is 17.3 Å². The second kappa shape index (κ2) is 10.8. The number of likely N-dealkylation sites (N-methyl/N-ethyl adjacent to an activating group) is 1. The molecule has 0 aromatic heterocycles. The van der Waals surface area contributed by atoms with E-state index in [2.05, 4.69) is 55.4 Å². The van der Waals surface area contributed by atoms with Crippen LogP contribution in [0, 0.1) is 13.8 Å². The fourth-order valence-electron chi connectivity index (χ4n) is 2.69. The van der Waals surface area contributed by atoms with Crippen molar-refractivity contribution in [2.75, 3.05) is 36.9 Å². The van der Waals surface area contributed by atoms with Crippen LogP contribution in [0.1, 0.15) is 35.3 Å². The lowest BCUT2D eigenvalue weighted by Gasteiger charge is -2.17. The number of aryl methyl sites for hydroxylation is 2. The Hall–Kier alpha value is -2.44. The number of thiocarbonyl (C=S) groups is 1. The van der Waals surface area contributed by atoms with Gasteiger partial charge in [-0.05, 0) is 86.7 Å². The molecule has 0 saturated heterocycles. The van der Waals surface area contributed by atoms with Crippen LogP contribution < -0.4 is 10.6 Å². The quantitative estimate of drug-likeness (QED) is 0.499. The second-order valence-electron chi connectivity index (χ2n) is 6.62. The molecule has 2 N–H and O–H groups in total. The molecule has 150 valence electrons. The molecule has 0 bridgehead atoms. The molecule has 2 aromatic rings. The van der Waals surface area contributed by atoms with Gasteiger partial charge in [-0.1, -0.05) is 19.9 Å². The first-order chi connectivity index (χ1) is 13.4. The molecule has 0 aliphatic carbocycles. The normalized spacial score (nSPS) is 10.6. The van der Waals surface area contributed by atoms with E-state index in [4.69, 9.17) is 17.0 Å². The molecule has 0 unspecified atom stereocenters. The molecule has 0 radical (unpaired) electrons. The molecule has 0 saturated carbocycles. The van der Waals surface area contributed by atoms with Crippen LogP contribution in [-0.2, 0) is 4.74 Å². The first-order valence-corrected chi connectivity index (χ1v) is 9.98. The van der Waals surface area contributed by atoms with Crippen LogP contribution in [0.15, 0.2) is 42.5 Å². The van der Waals surface area contributed by atoms with E-state index < -0.39 is 0 Å². The maximum atomic E-state index is 12.1. The largest absolute Gasteiger partial charge is 0.461 e. The van der Waals surface area contributed by atoms with E-state index in [9.17, 15) is 4.79 Å². The zero-order valence-electron chi connectivity index (χ0n) is 17.0.